The molecule has 8 nitrogen and oxygen atoms in total. The van der Waals surface area contributed by atoms with Crippen molar-refractivity contribution >= 4 is 45.5 Å². The first-order chi connectivity index (χ1) is 18.8. The lowest BCUT2D eigenvalue weighted by Gasteiger charge is -2.26. The molecular formula is C29H26BrFN2O6. The summed E-state index contributed by atoms with van der Waals surface area (Å²) in [6.45, 7) is 4.59. The van der Waals surface area contributed by atoms with Crippen LogP contribution in [0.1, 0.15) is 31.4 Å². The van der Waals surface area contributed by atoms with Gasteiger partial charge < -0.3 is 14.2 Å². The van der Waals surface area contributed by atoms with Crippen molar-refractivity contribution in [3.05, 3.63) is 87.7 Å². The van der Waals surface area contributed by atoms with Crippen LogP contribution in [0.3, 0.4) is 0 Å². The van der Waals surface area contributed by atoms with Crippen molar-refractivity contribution in [1.82, 2.24) is 5.32 Å². The van der Waals surface area contributed by atoms with E-state index < -0.39 is 23.7 Å². The third-order valence-corrected chi connectivity index (χ3v) is 6.23. The molecule has 202 valence electrons. The Balaban J connectivity index is 1.62. The summed E-state index contributed by atoms with van der Waals surface area (Å²) in [5.41, 5.74) is 0.861. The van der Waals surface area contributed by atoms with Crippen LogP contribution in [-0.2, 0) is 16.2 Å². The highest BCUT2D eigenvalue weighted by Gasteiger charge is 2.37. The summed E-state index contributed by atoms with van der Waals surface area (Å²) < 4.78 is 31.7. The summed E-state index contributed by atoms with van der Waals surface area (Å²) in [6.07, 6.45) is 2.20. The van der Waals surface area contributed by atoms with Crippen LogP contribution in [0.15, 0.2) is 70.7 Å². The van der Waals surface area contributed by atoms with E-state index >= 15 is 0 Å². The molecule has 1 aliphatic heterocycles. The number of benzene rings is 3. The van der Waals surface area contributed by atoms with Crippen molar-refractivity contribution in [3.8, 4) is 17.2 Å². The summed E-state index contributed by atoms with van der Waals surface area (Å²) in [5.74, 6) is -0.726. The predicted molar refractivity (Wildman–Crippen MR) is 147 cm³/mol. The molecule has 0 saturated carbocycles. The minimum absolute atomic E-state index is 0.0357. The smallest absolute Gasteiger partial charge is 0.335 e. The van der Waals surface area contributed by atoms with E-state index in [2.05, 4.69) is 21.2 Å². The summed E-state index contributed by atoms with van der Waals surface area (Å²) in [5, 5.41) is 2.21. The second kappa shape index (κ2) is 12.6. The van der Waals surface area contributed by atoms with Crippen LogP contribution < -0.4 is 24.4 Å². The number of imide groups is 2. The highest BCUT2D eigenvalue weighted by molar-refractivity contribution is 9.10. The van der Waals surface area contributed by atoms with E-state index in [1.165, 1.54) is 12.1 Å². The number of hydrogen-bond donors (Lipinski definition) is 1. The Hall–Kier alpha value is -4.18. The molecule has 1 fully saturated rings. The van der Waals surface area contributed by atoms with Crippen molar-refractivity contribution in [1.29, 1.82) is 0 Å². The van der Waals surface area contributed by atoms with Crippen LogP contribution in [0.5, 0.6) is 17.2 Å². The van der Waals surface area contributed by atoms with Gasteiger partial charge in [0.2, 0.25) is 0 Å². The van der Waals surface area contributed by atoms with E-state index in [4.69, 9.17) is 14.2 Å². The Morgan fingerprint density at radius 2 is 1.72 bits per heavy atom. The fourth-order valence-electron chi connectivity index (χ4n) is 3.81. The fourth-order valence-corrected chi connectivity index (χ4v) is 4.38. The van der Waals surface area contributed by atoms with Crippen LogP contribution in [0.2, 0.25) is 0 Å². The number of nitrogens with zero attached hydrogens (tertiary/aromatic N) is 1. The predicted octanol–water partition coefficient (Wildman–Crippen LogP) is 6.02. The summed E-state index contributed by atoms with van der Waals surface area (Å²) in [6, 6.07) is 15.1. The number of carbonyl (C=O) groups is 3. The number of nitrogens with one attached hydrogen (secondary N) is 1. The molecule has 10 heteroatoms. The maximum absolute atomic E-state index is 14.1. The van der Waals surface area contributed by atoms with Gasteiger partial charge in [-0.15, -0.1) is 0 Å². The van der Waals surface area contributed by atoms with Gasteiger partial charge in [0.25, 0.3) is 11.8 Å². The average Bonchev–Trinajstić information content (AvgIpc) is 2.91. The largest absolute Gasteiger partial charge is 0.494 e. The highest BCUT2D eigenvalue weighted by Crippen LogP contribution is 2.38. The van der Waals surface area contributed by atoms with E-state index in [9.17, 15) is 18.8 Å². The molecule has 39 heavy (non-hydrogen) atoms. The van der Waals surface area contributed by atoms with Gasteiger partial charge in [-0.3, -0.25) is 14.9 Å². The van der Waals surface area contributed by atoms with Gasteiger partial charge in [0.1, 0.15) is 23.7 Å². The van der Waals surface area contributed by atoms with E-state index in [0.717, 1.165) is 11.3 Å². The number of urea groups is 1. The van der Waals surface area contributed by atoms with Crippen molar-refractivity contribution in [3.63, 3.8) is 0 Å². The number of anilines is 1. The van der Waals surface area contributed by atoms with E-state index in [-0.39, 0.29) is 17.9 Å². The molecule has 1 aliphatic rings. The Bertz CT molecular complexity index is 1420. The molecule has 3 aromatic carbocycles. The maximum Gasteiger partial charge on any atom is 0.335 e. The first-order valence-corrected chi connectivity index (χ1v) is 13.1. The van der Waals surface area contributed by atoms with Crippen molar-refractivity contribution < 1.29 is 33.0 Å². The van der Waals surface area contributed by atoms with Gasteiger partial charge in [0.15, 0.2) is 11.5 Å². The Labute approximate surface area is 233 Å². The van der Waals surface area contributed by atoms with Gasteiger partial charge in [0, 0.05) is 5.56 Å². The standard InChI is InChI=1S/C29H26BrFN2O6/c1-3-13-38-21-11-9-20(10-12-21)33-28(35)22(27(34)32-29(33)36)14-18-15-23(30)26(25(16-18)37-4-2)39-17-19-7-5-6-8-24(19)31/h5-12,14-16H,3-4,13,17H2,1-2H3,(H,32,34,36)/b22-14-. The van der Waals surface area contributed by atoms with Crippen molar-refractivity contribution in [2.75, 3.05) is 18.1 Å². The number of carbonyl (C=O) groups excluding carboxylic acids is 3. The third kappa shape index (κ3) is 6.46. The molecule has 0 aliphatic carbocycles. The summed E-state index contributed by atoms with van der Waals surface area (Å²) in [7, 11) is 0. The molecule has 0 aromatic heterocycles. The Kier molecular flexibility index (Phi) is 8.98. The lowest BCUT2D eigenvalue weighted by molar-refractivity contribution is -0.122. The van der Waals surface area contributed by atoms with Gasteiger partial charge in [-0.2, -0.15) is 0 Å². The zero-order valence-electron chi connectivity index (χ0n) is 21.3. The second-order valence-electron chi connectivity index (χ2n) is 8.44. The molecule has 1 N–H and O–H groups in total. The van der Waals surface area contributed by atoms with Crippen molar-refractivity contribution in [2.24, 2.45) is 0 Å². The molecule has 0 unspecified atom stereocenters. The number of hydrogen-bond acceptors (Lipinski definition) is 6. The van der Waals surface area contributed by atoms with E-state index in [1.807, 2.05) is 6.92 Å². The summed E-state index contributed by atoms with van der Waals surface area (Å²) in [4.78, 5) is 39.4. The summed E-state index contributed by atoms with van der Waals surface area (Å²) >= 11 is 3.45. The van der Waals surface area contributed by atoms with Gasteiger partial charge in [-0.05, 0) is 83.4 Å². The molecule has 3 aromatic rings. The number of rotatable bonds is 10. The zero-order chi connectivity index (χ0) is 27.9. The molecule has 1 saturated heterocycles. The van der Waals surface area contributed by atoms with Crippen LogP contribution >= 0.6 is 15.9 Å². The van der Waals surface area contributed by atoms with Gasteiger partial charge in [-0.1, -0.05) is 25.1 Å². The molecule has 0 spiro atoms. The number of halogens is 2. The van der Waals surface area contributed by atoms with E-state index in [1.54, 1.807) is 61.5 Å². The van der Waals surface area contributed by atoms with Crippen LogP contribution in [0, 0.1) is 5.82 Å². The topological polar surface area (TPSA) is 94.2 Å². The molecule has 4 amide bonds. The lowest BCUT2D eigenvalue weighted by atomic mass is 10.1. The van der Waals surface area contributed by atoms with Gasteiger partial charge >= 0.3 is 6.03 Å². The minimum atomic E-state index is -0.850. The SMILES string of the molecule is CCCOc1ccc(N2C(=O)NC(=O)/C(=C/c3cc(Br)c(OCc4ccccc4F)c(OCC)c3)C2=O)cc1. The normalized spacial score (nSPS) is 14.4. The minimum Gasteiger partial charge on any atom is -0.494 e. The first-order valence-electron chi connectivity index (χ1n) is 12.3. The van der Waals surface area contributed by atoms with E-state index in [0.29, 0.717) is 46.1 Å². The number of ether oxygens (including phenoxy) is 3. The molecule has 0 atom stereocenters. The molecule has 4 rings (SSSR count). The zero-order valence-corrected chi connectivity index (χ0v) is 22.9. The molecular weight excluding hydrogens is 571 g/mol. The van der Waals surface area contributed by atoms with Gasteiger partial charge in [0.05, 0.1) is 23.4 Å². The monoisotopic (exact) mass is 596 g/mol. The first kappa shape index (κ1) is 27.8. The fraction of sp³-hybridized carbons (Fsp3) is 0.207. The lowest BCUT2D eigenvalue weighted by Crippen LogP contribution is -2.54. The van der Waals surface area contributed by atoms with Crippen LogP contribution in [-0.4, -0.2) is 31.1 Å². The van der Waals surface area contributed by atoms with Crippen LogP contribution in [0.25, 0.3) is 6.08 Å². The second-order valence-corrected chi connectivity index (χ2v) is 9.30. The maximum atomic E-state index is 14.1. The quantitative estimate of drug-likeness (QED) is 0.227. The van der Waals surface area contributed by atoms with Crippen LogP contribution in [0.4, 0.5) is 14.9 Å². The Morgan fingerprint density at radius 3 is 2.41 bits per heavy atom. The molecule has 0 radical (unpaired) electrons. The number of amides is 4. The van der Waals surface area contributed by atoms with Gasteiger partial charge in [-0.25, -0.2) is 14.1 Å². The number of barbiturate groups is 1. The van der Waals surface area contributed by atoms with Crippen molar-refractivity contribution in [2.45, 2.75) is 26.9 Å². The Morgan fingerprint density at radius 1 is 0.974 bits per heavy atom. The average molecular weight is 597 g/mol. The molecule has 0 bridgehead atoms. The highest BCUT2D eigenvalue weighted by atomic mass is 79.9. The molecule has 1 heterocycles. The third-order valence-electron chi connectivity index (χ3n) is 5.64.